The van der Waals surface area contributed by atoms with Crippen molar-refractivity contribution in [1.82, 2.24) is 10.1 Å². The molecule has 0 atom stereocenters. The van der Waals surface area contributed by atoms with Gasteiger partial charge in [-0.15, -0.1) is 0 Å². The summed E-state index contributed by atoms with van der Waals surface area (Å²) in [6.07, 6.45) is 0. The summed E-state index contributed by atoms with van der Waals surface area (Å²) < 4.78 is 15.5. The molecule has 2 aromatic carbocycles. The minimum absolute atomic E-state index is 0.0737. The van der Waals surface area contributed by atoms with E-state index in [-0.39, 0.29) is 12.5 Å². The van der Waals surface area contributed by atoms with Gasteiger partial charge in [-0.3, -0.25) is 0 Å². The summed E-state index contributed by atoms with van der Waals surface area (Å²) >= 11 is 0. The van der Waals surface area contributed by atoms with Crippen LogP contribution in [0.2, 0.25) is 0 Å². The smallest absolute Gasteiger partial charge is 0.338 e. The maximum atomic E-state index is 12.1. The summed E-state index contributed by atoms with van der Waals surface area (Å²) in [4.78, 5) is 16.4. The highest BCUT2D eigenvalue weighted by Crippen LogP contribution is 2.20. The van der Waals surface area contributed by atoms with Gasteiger partial charge < -0.3 is 14.0 Å². The molecule has 0 bridgehead atoms. The molecule has 0 radical (unpaired) electrons. The number of nitrogens with zero attached hydrogens (tertiary/aromatic N) is 2. The van der Waals surface area contributed by atoms with Gasteiger partial charge in [-0.05, 0) is 29.2 Å². The number of carbonyl (C=O) groups excluding carboxylic acids is 1. The molecule has 3 aromatic rings. The monoisotopic (exact) mass is 366 g/mol. The molecule has 0 amide bonds. The Morgan fingerprint density at radius 2 is 1.74 bits per heavy atom. The van der Waals surface area contributed by atoms with Gasteiger partial charge in [0, 0.05) is 12.7 Å². The van der Waals surface area contributed by atoms with Crippen LogP contribution in [0.25, 0.3) is 11.4 Å². The summed E-state index contributed by atoms with van der Waals surface area (Å²) in [7, 11) is 1.62. The van der Waals surface area contributed by atoms with Crippen molar-refractivity contribution in [3.63, 3.8) is 0 Å². The Kier molecular flexibility index (Phi) is 5.98. The zero-order chi connectivity index (χ0) is 19.2. The maximum Gasteiger partial charge on any atom is 0.338 e. The highest BCUT2D eigenvalue weighted by molar-refractivity contribution is 5.89. The largest absolute Gasteiger partial charge is 0.452 e. The zero-order valence-corrected chi connectivity index (χ0v) is 15.6. The van der Waals surface area contributed by atoms with Crippen molar-refractivity contribution in [2.75, 3.05) is 7.11 Å². The Hall–Kier alpha value is -2.99. The lowest BCUT2D eigenvalue weighted by Gasteiger charge is -2.04. The van der Waals surface area contributed by atoms with Gasteiger partial charge in [-0.1, -0.05) is 55.4 Å². The number of ether oxygens (including phenoxy) is 2. The Morgan fingerprint density at radius 1 is 1.04 bits per heavy atom. The molecule has 1 aromatic heterocycles. The maximum absolute atomic E-state index is 12.1. The minimum Gasteiger partial charge on any atom is -0.452 e. The first-order chi connectivity index (χ1) is 13.1. The fraction of sp³-hybridized carbons (Fsp3) is 0.286. The third-order valence-corrected chi connectivity index (χ3v) is 4.13. The van der Waals surface area contributed by atoms with E-state index in [2.05, 4.69) is 24.0 Å². The molecule has 0 saturated heterocycles. The van der Waals surface area contributed by atoms with E-state index in [4.69, 9.17) is 14.0 Å². The van der Waals surface area contributed by atoms with Crippen molar-refractivity contribution < 1.29 is 18.8 Å². The lowest BCUT2D eigenvalue weighted by molar-refractivity contribution is 0.0429. The van der Waals surface area contributed by atoms with Crippen molar-refractivity contribution in [1.29, 1.82) is 0 Å². The predicted octanol–water partition coefficient (Wildman–Crippen LogP) is 4.36. The second-order valence-corrected chi connectivity index (χ2v) is 6.49. The summed E-state index contributed by atoms with van der Waals surface area (Å²) in [5.41, 5.74) is 3.54. The fourth-order valence-corrected chi connectivity index (χ4v) is 2.56. The lowest BCUT2D eigenvalue weighted by Crippen LogP contribution is -2.05. The molecule has 0 fully saturated rings. The molecule has 0 N–H and O–H groups in total. The Bertz CT molecular complexity index is 883. The first kappa shape index (κ1) is 18.8. The predicted molar refractivity (Wildman–Crippen MR) is 100 cm³/mol. The highest BCUT2D eigenvalue weighted by Gasteiger charge is 2.13. The van der Waals surface area contributed by atoms with E-state index in [0.717, 1.165) is 11.1 Å². The van der Waals surface area contributed by atoms with Crippen molar-refractivity contribution in [3.8, 4) is 11.4 Å². The molecule has 140 valence electrons. The summed E-state index contributed by atoms with van der Waals surface area (Å²) in [6, 6.07) is 15.1. The van der Waals surface area contributed by atoms with Crippen LogP contribution in [0.5, 0.6) is 0 Å². The molecular formula is C21H22N2O4. The Labute approximate surface area is 158 Å². The molecule has 0 aliphatic heterocycles. The third kappa shape index (κ3) is 4.80. The number of hydrogen-bond donors (Lipinski definition) is 0. The SMILES string of the molecule is COCc1ccc(C(=O)OCc2nc(-c3ccc(C(C)C)cc3)no2)cc1. The van der Waals surface area contributed by atoms with Crippen molar-refractivity contribution in [2.45, 2.75) is 33.0 Å². The molecule has 0 spiro atoms. The van der Waals surface area contributed by atoms with E-state index in [9.17, 15) is 4.79 Å². The second-order valence-electron chi connectivity index (χ2n) is 6.49. The number of esters is 1. The van der Waals surface area contributed by atoms with E-state index < -0.39 is 5.97 Å². The van der Waals surface area contributed by atoms with Gasteiger partial charge in [0.05, 0.1) is 12.2 Å². The van der Waals surface area contributed by atoms with E-state index >= 15 is 0 Å². The third-order valence-electron chi connectivity index (χ3n) is 4.13. The van der Waals surface area contributed by atoms with Crippen molar-refractivity contribution in [2.24, 2.45) is 0 Å². The van der Waals surface area contributed by atoms with Crippen LogP contribution in [-0.2, 0) is 22.7 Å². The van der Waals surface area contributed by atoms with Crippen LogP contribution < -0.4 is 0 Å². The van der Waals surface area contributed by atoms with E-state index in [0.29, 0.717) is 23.9 Å². The second kappa shape index (κ2) is 8.60. The molecule has 0 aliphatic rings. The molecular weight excluding hydrogens is 344 g/mol. The van der Waals surface area contributed by atoms with Gasteiger partial charge in [0.15, 0.2) is 6.61 Å². The average molecular weight is 366 g/mol. The van der Waals surface area contributed by atoms with Gasteiger partial charge in [-0.2, -0.15) is 4.98 Å². The molecule has 6 nitrogen and oxygen atoms in total. The quantitative estimate of drug-likeness (QED) is 0.578. The van der Waals surface area contributed by atoms with Crippen molar-refractivity contribution >= 4 is 5.97 Å². The van der Waals surface area contributed by atoms with Crippen LogP contribution in [0.15, 0.2) is 53.1 Å². The van der Waals surface area contributed by atoms with Crippen LogP contribution in [0, 0.1) is 0 Å². The number of methoxy groups -OCH3 is 1. The summed E-state index contributed by atoms with van der Waals surface area (Å²) in [5.74, 6) is 0.741. The standard InChI is InChI=1S/C21H22N2O4/c1-14(2)16-8-10-17(11-9-16)20-22-19(27-23-20)13-26-21(24)18-6-4-15(5-7-18)12-25-3/h4-11,14H,12-13H2,1-3H3. The summed E-state index contributed by atoms with van der Waals surface area (Å²) in [6.45, 7) is 4.70. The van der Waals surface area contributed by atoms with Crippen molar-refractivity contribution in [3.05, 3.63) is 71.1 Å². The van der Waals surface area contributed by atoms with E-state index in [1.165, 1.54) is 5.56 Å². The number of aromatic nitrogens is 2. The van der Waals surface area contributed by atoms with Crippen LogP contribution in [0.1, 0.15) is 47.1 Å². The van der Waals surface area contributed by atoms with E-state index in [1.807, 2.05) is 36.4 Å². The number of hydrogen-bond acceptors (Lipinski definition) is 6. The molecule has 0 unspecified atom stereocenters. The first-order valence-corrected chi connectivity index (χ1v) is 8.74. The molecule has 0 aliphatic carbocycles. The molecule has 6 heteroatoms. The molecule has 3 rings (SSSR count). The fourth-order valence-electron chi connectivity index (χ4n) is 2.56. The first-order valence-electron chi connectivity index (χ1n) is 8.74. The highest BCUT2D eigenvalue weighted by atomic mass is 16.6. The lowest BCUT2D eigenvalue weighted by atomic mass is 10.0. The van der Waals surface area contributed by atoms with Gasteiger partial charge >= 0.3 is 5.97 Å². The Balaban J connectivity index is 1.59. The van der Waals surface area contributed by atoms with Crippen LogP contribution in [0.3, 0.4) is 0 Å². The molecule has 27 heavy (non-hydrogen) atoms. The summed E-state index contributed by atoms with van der Waals surface area (Å²) in [5, 5.41) is 3.95. The topological polar surface area (TPSA) is 74.5 Å². The Morgan fingerprint density at radius 3 is 2.37 bits per heavy atom. The normalized spacial score (nSPS) is 11.0. The number of carbonyl (C=O) groups is 1. The van der Waals surface area contributed by atoms with Gasteiger partial charge in [0.2, 0.25) is 5.82 Å². The van der Waals surface area contributed by atoms with Gasteiger partial charge in [0.25, 0.3) is 5.89 Å². The average Bonchev–Trinajstić information content (AvgIpc) is 3.16. The molecule has 0 saturated carbocycles. The van der Waals surface area contributed by atoms with Crippen LogP contribution in [-0.4, -0.2) is 23.2 Å². The van der Waals surface area contributed by atoms with Gasteiger partial charge in [0.1, 0.15) is 0 Å². The molecule has 1 heterocycles. The van der Waals surface area contributed by atoms with Gasteiger partial charge in [-0.25, -0.2) is 4.79 Å². The number of rotatable bonds is 7. The van der Waals surface area contributed by atoms with E-state index in [1.54, 1.807) is 19.2 Å². The minimum atomic E-state index is -0.444. The number of benzene rings is 2. The van der Waals surface area contributed by atoms with Crippen LogP contribution in [0.4, 0.5) is 0 Å². The zero-order valence-electron chi connectivity index (χ0n) is 15.6. The van der Waals surface area contributed by atoms with Crippen LogP contribution >= 0.6 is 0 Å².